The van der Waals surface area contributed by atoms with E-state index >= 15 is 0 Å². The summed E-state index contributed by atoms with van der Waals surface area (Å²) in [4.78, 5) is 26.7. The highest BCUT2D eigenvalue weighted by atomic mass is 16.6. The summed E-state index contributed by atoms with van der Waals surface area (Å²) in [7, 11) is 0. The number of rotatable bonds is 19. The minimum atomic E-state index is -1.00. The number of esters is 1. The third-order valence-electron chi connectivity index (χ3n) is 11.0. The zero-order valence-corrected chi connectivity index (χ0v) is 38.1. The van der Waals surface area contributed by atoms with Gasteiger partial charge in [-0.05, 0) is 146 Å². The van der Waals surface area contributed by atoms with Gasteiger partial charge in [0.25, 0.3) is 5.69 Å². The van der Waals surface area contributed by atoms with Gasteiger partial charge in [0.1, 0.15) is 0 Å². The highest BCUT2D eigenvalue weighted by Gasteiger charge is 2.59. The van der Waals surface area contributed by atoms with E-state index < -0.39 is 22.0 Å². The second-order valence-corrected chi connectivity index (χ2v) is 15.9. The first-order chi connectivity index (χ1) is 31.7. The molecule has 2 aromatic rings. The number of nitrogens with zero attached hydrogens (tertiary/aromatic N) is 2. The fourth-order valence-electron chi connectivity index (χ4n) is 7.72. The van der Waals surface area contributed by atoms with Crippen molar-refractivity contribution in [2.45, 2.75) is 142 Å². The van der Waals surface area contributed by atoms with E-state index in [4.69, 9.17) is 9.47 Å². The summed E-state index contributed by atoms with van der Waals surface area (Å²) in [6, 6.07) is 10.9. The van der Waals surface area contributed by atoms with Crippen molar-refractivity contribution in [2.24, 2.45) is 0 Å². The predicted octanol–water partition coefficient (Wildman–Crippen LogP) is 10.7. The Morgan fingerprint density at radius 2 is 1.12 bits per heavy atom. The van der Waals surface area contributed by atoms with Crippen molar-refractivity contribution in [3.8, 4) is 130 Å². The number of hydrogen-bond donors (Lipinski definition) is 0. The molecule has 0 amide bonds. The van der Waals surface area contributed by atoms with E-state index in [0.29, 0.717) is 5.56 Å². The topological polar surface area (TPSA) is 81.9 Å². The summed E-state index contributed by atoms with van der Waals surface area (Å²) < 4.78 is 12.6. The van der Waals surface area contributed by atoms with Crippen LogP contribution >= 0.6 is 0 Å². The van der Waals surface area contributed by atoms with Crippen molar-refractivity contribution in [2.75, 3.05) is 11.4 Å². The van der Waals surface area contributed by atoms with Crippen LogP contribution in [0.3, 0.4) is 0 Å². The van der Waals surface area contributed by atoms with Gasteiger partial charge in [-0.1, -0.05) is 127 Å². The molecule has 1 spiro atoms. The molecule has 7 nitrogen and oxygen atoms in total. The van der Waals surface area contributed by atoms with Gasteiger partial charge in [0, 0.05) is 41.6 Å². The molecule has 0 N–H and O–H groups in total. The first-order valence-electron chi connectivity index (χ1n) is 22.5. The highest BCUT2D eigenvalue weighted by molar-refractivity contribution is 5.91. The van der Waals surface area contributed by atoms with Crippen molar-refractivity contribution >= 4 is 23.4 Å². The number of non-ortho nitro benzene ring substituents is 1. The molecule has 0 saturated carbocycles. The fourth-order valence-corrected chi connectivity index (χ4v) is 7.72. The molecule has 2 heterocycles. The number of nitro benzene ring substituents is 1. The third-order valence-corrected chi connectivity index (χ3v) is 11.0. The maximum Gasteiger partial charge on any atom is 0.390 e. The van der Waals surface area contributed by atoms with Gasteiger partial charge in [-0.3, -0.25) is 10.1 Å². The average molecular weight is 859 g/mol. The molecule has 2 aliphatic heterocycles. The van der Waals surface area contributed by atoms with Crippen LogP contribution in [-0.4, -0.2) is 23.2 Å². The van der Waals surface area contributed by atoms with E-state index in [1.54, 1.807) is 6.92 Å². The van der Waals surface area contributed by atoms with Crippen LogP contribution in [0.25, 0.3) is 6.08 Å². The Kier molecular flexibility index (Phi) is 21.5. The number of carbonyl (C=O) groups is 1. The number of anilines is 1. The Balaban J connectivity index is 1.36. The minimum Gasteiger partial charge on any atom is -0.459 e. The van der Waals surface area contributed by atoms with Gasteiger partial charge in [0.2, 0.25) is 5.72 Å². The summed E-state index contributed by atoms with van der Waals surface area (Å²) in [6.45, 7) is 8.95. The van der Waals surface area contributed by atoms with Crippen LogP contribution in [0.15, 0.2) is 42.5 Å². The van der Waals surface area contributed by atoms with Gasteiger partial charge >= 0.3 is 5.97 Å². The maximum absolute atomic E-state index is 13.0. The van der Waals surface area contributed by atoms with Crippen LogP contribution in [0.4, 0.5) is 11.4 Å². The molecule has 2 aliphatic rings. The minimum absolute atomic E-state index is 0.107. The molecular formula is C58H54N2O5. The van der Waals surface area contributed by atoms with Crippen molar-refractivity contribution < 1.29 is 19.2 Å². The summed E-state index contributed by atoms with van der Waals surface area (Å²) >= 11 is 0. The van der Waals surface area contributed by atoms with Crippen molar-refractivity contribution in [3.63, 3.8) is 0 Å². The van der Waals surface area contributed by atoms with E-state index in [2.05, 4.69) is 156 Å². The number of nitro groups is 1. The Labute approximate surface area is 387 Å². The van der Waals surface area contributed by atoms with E-state index in [1.165, 1.54) is 102 Å². The maximum atomic E-state index is 13.0. The predicted molar refractivity (Wildman–Crippen MR) is 261 cm³/mol. The van der Waals surface area contributed by atoms with Crippen LogP contribution in [0.2, 0.25) is 0 Å². The van der Waals surface area contributed by atoms with Crippen LogP contribution in [0, 0.1) is 129 Å². The van der Waals surface area contributed by atoms with Gasteiger partial charge in [0.15, 0.2) is 11.5 Å². The molecule has 0 fully saturated rings. The van der Waals surface area contributed by atoms with E-state index in [1.807, 2.05) is 24.3 Å². The van der Waals surface area contributed by atoms with Crippen LogP contribution in [-0.2, 0) is 10.2 Å². The molecule has 0 aromatic heterocycles. The van der Waals surface area contributed by atoms with E-state index in [-0.39, 0.29) is 17.2 Å². The number of unbranched alkanes of at least 4 members (excludes halogenated alkanes) is 15. The quantitative estimate of drug-likeness (QED) is 0.0266. The summed E-state index contributed by atoms with van der Waals surface area (Å²) in [5.41, 5.74) is 0.797. The lowest BCUT2D eigenvalue weighted by Gasteiger charge is -2.47. The number of hydrogen-bond acceptors (Lipinski definition) is 6. The van der Waals surface area contributed by atoms with Crippen molar-refractivity contribution in [1.82, 2.24) is 0 Å². The van der Waals surface area contributed by atoms with E-state index in [0.717, 1.165) is 30.6 Å². The van der Waals surface area contributed by atoms with Gasteiger partial charge in [-0.15, -0.1) is 0 Å². The molecule has 0 bridgehead atoms. The molecule has 2 aromatic carbocycles. The number of para-hydroxylation sites is 1. The number of fused-ring (bicyclic) bond motifs is 2. The lowest BCUT2D eigenvalue weighted by molar-refractivity contribution is -0.385. The van der Waals surface area contributed by atoms with Crippen LogP contribution < -0.4 is 14.4 Å². The van der Waals surface area contributed by atoms with Gasteiger partial charge in [-0.2, -0.15) is 0 Å². The number of ether oxygens (including phenoxy) is 2. The molecule has 0 aliphatic carbocycles. The van der Waals surface area contributed by atoms with Crippen LogP contribution in [0.5, 0.6) is 11.5 Å². The smallest absolute Gasteiger partial charge is 0.390 e. The Morgan fingerprint density at radius 3 is 1.62 bits per heavy atom. The molecule has 1 unspecified atom stereocenters. The molecule has 7 heteroatoms. The largest absolute Gasteiger partial charge is 0.459 e. The van der Waals surface area contributed by atoms with Crippen LogP contribution in [0.1, 0.15) is 142 Å². The zero-order chi connectivity index (χ0) is 46.4. The summed E-state index contributed by atoms with van der Waals surface area (Å²) in [5, 5.41) is 12.0. The monoisotopic (exact) mass is 858 g/mol. The Bertz CT molecular complexity index is 2730. The molecular weight excluding hydrogens is 805 g/mol. The molecule has 0 radical (unpaired) electrons. The summed E-state index contributed by atoms with van der Waals surface area (Å²) in [5.74, 6) is 49.2. The Morgan fingerprint density at radius 1 is 0.662 bits per heavy atom. The second kappa shape index (κ2) is 28.0. The molecule has 0 saturated heterocycles. The van der Waals surface area contributed by atoms with Gasteiger partial charge in [-0.25, -0.2) is 4.79 Å². The standard InChI is InChI=1S/C58H54N2O5/c1-5-7-9-11-13-15-17-19-21-23-24-25-26-28-30-32-34-36-38-44-55(61)64-54-49-51(60(62)63)48-50-45-46-58(65-56(50)54)57(3,4)52-42-39-40-43-53(52)59(58)47-41-37-35-33-31-29-27-22-20-18-16-14-12-10-8-6-2/h39-40,42-43,45-46,48-49H,6,8,10,12,14,16,18,20,22,27,29,31,33,35,37,41,47H2,1-4H3. The number of benzene rings is 2. The average Bonchev–Trinajstić information content (AvgIpc) is 3.47. The first kappa shape index (κ1) is 49.9. The lowest BCUT2D eigenvalue weighted by Crippen LogP contribution is -2.59. The van der Waals surface area contributed by atoms with Crippen molar-refractivity contribution in [1.29, 1.82) is 0 Å². The fraction of sp³-hybridized carbons (Fsp3) is 0.397. The third kappa shape index (κ3) is 15.8. The second-order valence-electron chi connectivity index (χ2n) is 15.9. The Hall–Kier alpha value is -7.75. The highest BCUT2D eigenvalue weighted by Crippen LogP contribution is 2.56. The summed E-state index contributed by atoms with van der Waals surface area (Å²) in [6.07, 6.45) is 24.5. The van der Waals surface area contributed by atoms with E-state index in [9.17, 15) is 14.9 Å². The lowest BCUT2D eigenvalue weighted by atomic mass is 9.76. The molecule has 4 rings (SSSR count). The molecule has 326 valence electrons. The first-order valence-corrected chi connectivity index (χ1v) is 22.5. The molecule has 65 heavy (non-hydrogen) atoms. The van der Waals surface area contributed by atoms with Gasteiger partial charge in [0.05, 0.1) is 16.4 Å². The normalized spacial score (nSPS) is 13.4. The van der Waals surface area contributed by atoms with Crippen molar-refractivity contribution in [3.05, 3.63) is 63.7 Å². The SMILES string of the molecule is CC#CC#CC#CC#CC#CC#CC#CC#CC#CC#CC(=O)Oc1cc([N+](=O)[O-])cc2c1OC1(C=C2)N(CCCCCCCCCCCCCCCCCC)c2ccccc2C1(C)C. The zero-order valence-electron chi connectivity index (χ0n) is 38.1. The number of carbonyl (C=O) groups excluding carboxylic acids is 1. The molecule has 1 atom stereocenters. The van der Waals surface area contributed by atoms with Gasteiger partial charge < -0.3 is 14.4 Å².